The molecule has 0 saturated carbocycles. The first kappa shape index (κ1) is 22.1. The van der Waals surface area contributed by atoms with Crippen molar-refractivity contribution in [3.05, 3.63) is 16.7 Å². The van der Waals surface area contributed by atoms with Crippen LogP contribution in [-0.4, -0.2) is 46.9 Å². The molecule has 5 atom stereocenters. The van der Waals surface area contributed by atoms with E-state index < -0.39 is 48.4 Å². The lowest BCUT2D eigenvalue weighted by molar-refractivity contribution is -0.0204. The second kappa shape index (κ2) is 8.28. The molecule has 0 radical (unpaired) electrons. The maximum Gasteiger partial charge on any atom is 0.705 e. The maximum atomic E-state index is 11.8. The molecule has 29 heavy (non-hydrogen) atoms. The zero-order chi connectivity index (χ0) is 21.4. The van der Waals surface area contributed by atoms with Crippen molar-refractivity contribution < 1.29 is 46.3 Å². The Morgan fingerprint density at radius 3 is 2.79 bits per heavy atom. The highest BCUT2D eigenvalue weighted by atomic mass is 31.3. The molecule has 0 aromatic carbocycles. The highest BCUT2D eigenvalue weighted by molar-refractivity contribution is 7.64. The molecule has 1 aliphatic heterocycles. The standard InChI is InChI=1S/C10H14N5O11P3/c11-10-13-8-7(9(16)14-10)12-4-15(8)6-2-1-5(24-6)3-23-28(19,20)26-29(21,22)25-27(17)18/h4-6H,1-3H2,(H5-,11,13,14,16,17,18,19,20,21,22)/p+1/t5-,6+/m0/s1. The lowest BCUT2D eigenvalue weighted by atomic mass is 10.2. The monoisotopic (exact) mass is 474 g/mol. The molecule has 1 fully saturated rings. The summed E-state index contributed by atoms with van der Waals surface area (Å²) in [5.74, 6) is -0.110. The molecule has 6 N–H and O–H groups in total. The molecule has 3 heterocycles. The van der Waals surface area contributed by atoms with E-state index in [0.29, 0.717) is 12.8 Å². The SMILES string of the molecule is Nc1nc2c(ncn2[C@H]2CC[C@@H](COP(=O)(O)OP(=O)(O)O[P+](=O)O)O2)c(=O)[nH]1. The minimum atomic E-state index is -5.30. The summed E-state index contributed by atoms with van der Waals surface area (Å²) >= 11 is 0. The lowest BCUT2D eigenvalue weighted by Gasteiger charge is -2.17. The van der Waals surface area contributed by atoms with Crippen LogP contribution in [0.3, 0.4) is 0 Å². The fourth-order valence-electron chi connectivity index (χ4n) is 2.60. The molecule has 1 saturated heterocycles. The van der Waals surface area contributed by atoms with Gasteiger partial charge in [-0.05, 0) is 17.2 Å². The van der Waals surface area contributed by atoms with E-state index in [9.17, 15) is 23.4 Å². The third kappa shape index (κ3) is 5.53. The second-order valence-electron chi connectivity index (χ2n) is 5.70. The van der Waals surface area contributed by atoms with Crippen LogP contribution in [0.2, 0.25) is 0 Å². The molecule has 16 nitrogen and oxygen atoms in total. The van der Waals surface area contributed by atoms with Crippen molar-refractivity contribution in [2.24, 2.45) is 0 Å². The quantitative estimate of drug-likeness (QED) is 0.323. The van der Waals surface area contributed by atoms with Crippen LogP contribution in [0.25, 0.3) is 11.2 Å². The predicted molar refractivity (Wildman–Crippen MR) is 93.3 cm³/mol. The highest BCUT2D eigenvalue weighted by Gasteiger charge is 2.43. The maximum absolute atomic E-state index is 11.8. The average Bonchev–Trinajstić information content (AvgIpc) is 3.16. The molecule has 0 aliphatic carbocycles. The van der Waals surface area contributed by atoms with E-state index in [0.717, 1.165) is 0 Å². The summed E-state index contributed by atoms with van der Waals surface area (Å²) < 4.78 is 52.6. The van der Waals surface area contributed by atoms with Gasteiger partial charge in [0.15, 0.2) is 11.2 Å². The Labute approximate surface area is 161 Å². The number of hydrogen-bond donors (Lipinski definition) is 5. The summed E-state index contributed by atoms with van der Waals surface area (Å²) in [5.41, 5.74) is 5.24. The number of nitrogens with two attached hydrogens (primary N) is 1. The van der Waals surface area contributed by atoms with Gasteiger partial charge in [-0.2, -0.15) is 9.29 Å². The number of rotatable bonds is 8. The molecule has 1 aliphatic rings. The van der Waals surface area contributed by atoms with Gasteiger partial charge in [0.1, 0.15) is 6.23 Å². The largest absolute Gasteiger partial charge is 0.705 e. The Bertz CT molecular complexity index is 1080. The number of ether oxygens (including phenoxy) is 1. The number of aromatic nitrogens is 4. The van der Waals surface area contributed by atoms with Gasteiger partial charge in [0.2, 0.25) is 5.95 Å². The molecule has 0 bridgehead atoms. The van der Waals surface area contributed by atoms with Gasteiger partial charge in [0.25, 0.3) is 5.56 Å². The number of aromatic amines is 1. The highest BCUT2D eigenvalue weighted by Crippen LogP contribution is 2.63. The fourth-order valence-corrected chi connectivity index (χ4v) is 5.28. The van der Waals surface area contributed by atoms with Crippen LogP contribution in [0.15, 0.2) is 11.1 Å². The van der Waals surface area contributed by atoms with Gasteiger partial charge >= 0.3 is 23.9 Å². The van der Waals surface area contributed by atoms with E-state index in [1.807, 2.05) is 0 Å². The van der Waals surface area contributed by atoms with Gasteiger partial charge in [-0.1, -0.05) is 0 Å². The van der Waals surface area contributed by atoms with Crippen LogP contribution in [-0.2, 0) is 31.6 Å². The van der Waals surface area contributed by atoms with Crippen LogP contribution in [0.4, 0.5) is 5.95 Å². The van der Waals surface area contributed by atoms with E-state index in [4.69, 9.17) is 20.3 Å². The smallest absolute Gasteiger partial charge is 0.369 e. The van der Waals surface area contributed by atoms with E-state index >= 15 is 0 Å². The Hall–Kier alpha value is -1.57. The number of nitrogen functional groups attached to an aromatic ring is 1. The van der Waals surface area contributed by atoms with Gasteiger partial charge in [-0.25, -0.2) is 14.1 Å². The first-order valence-electron chi connectivity index (χ1n) is 7.71. The molecule has 2 aromatic heterocycles. The third-order valence-electron chi connectivity index (χ3n) is 3.65. The van der Waals surface area contributed by atoms with Gasteiger partial charge in [-0.15, -0.1) is 4.89 Å². The van der Waals surface area contributed by atoms with Crippen LogP contribution in [0.1, 0.15) is 19.1 Å². The Morgan fingerprint density at radius 1 is 1.38 bits per heavy atom. The van der Waals surface area contributed by atoms with Crippen molar-refractivity contribution in [1.29, 1.82) is 0 Å². The topological polar surface area (TPSA) is 238 Å². The molecule has 0 spiro atoms. The number of phosphoric acid groups is 2. The Balaban J connectivity index is 1.62. The molecule has 0 amide bonds. The van der Waals surface area contributed by atoms with Crippen molar-refractivity contribution in [2.75, 3.05) is 12.3 Å². The van der Waals surface area contributed by atoms with E-state index in [2.05, 4.69) is 28.1 Å². The molecule has 160 valence electrons. The van der Waals surface area contributed by atoms with Crippen molar-refractivity contribution in [3.8, 4) is 0 Å². The van der Waals surface area contributed by atoms with Gasteiger partial charge in [0.05, 0.1) is 19.0 Å². The Morgan fingerprint density at radius 2 is 2.10 bits per heavy atom. The number of nitrogens with one attached hydrogen (secondary N) is 1. The van der Waals surface area contributed by atoms with Crippen molar-refractivity contribution in [2.45, 2.75) is 25.2 Å². The summed E-state index contributed by atoms with van der Waals surface area (Å²) in [6, 6.07) is 0. The van der Waals surface area contributed by atoms with Gasteiger partial charge < -0.3 is 15.4 Å². The van der Waals surface area contributed by atoms with Crippen molar-refractivity contribution in [3.63, 3.8) is 0 Å². The second-order valence-corrected chi connectivity index (χ2v) is 9.61. The van der Waals surface area contributed by atoms with Crippen LogP contribution in [0.5, 0.6) is 0 Å². The molecular formula is C10H15N5O11P3+. The fraction of sp³-hybridized carbons (Fsp3) is 0.500. The zero-order valence-electron chi connectivity index (χ0n) is 14.2. The summed E-state index contributed by atoms with van der Waals surface area (Å²) in [4.78, 5) is 49.0. The van der Waals surface area contributed by atoms with E-state index in [-0.39, 0.29) is 17.1 Å². The minimum Gasteiger partial charge on any atom is -0.369 e. The molecule has 3 rings (SSSR count). The minimum absolute atomic E-state index is 0.0525. The van der Waals surface area contributed by atoms with Crippen molar-refractivity contribution in [1.82, 2.24) is 19.5 Å². The number of nitrogens with zero attached hydrogens (tertiary/aromatic N) is 3. The molecular weight excluding hydrogens is 459 g/mol. The number of imidazole rings is 1. The average molecular weight is 474 g/mol. The molecule has 3 unspecified atom stereocenters. The predicted octanol–water partition coefficient (Wildman–Crippen LogP) is 0.280. The summed E-state index contributed by atoms with van der Waals surface area (Å²) in [6.45, 7) is -0.516. The van der Waals surface area contributed by atoms with E-state index in [1.54, 1.807) is 0 Å². The zero-order valence-corrected chi connectivity index (χ0v) is 16.9. The first-order valence-corrected chi connectivity index (χ1v) is 11.8. The first-order chi connectivity index (χ1) is 13.5. The van der Waals surface area contributed by atoms with Crippen molar-refractivity contribution >= 4 is 41.0 Å². The number of anilines is 1. The van der Waals surface area contributed by atoms with Crippen LogP contribution in [0, 0.1) is 0 Å². The molecule has 2 aromatic rings. The van der Waals surface area contributed by atoms with Gasteiger partial charge in [0, 0.05) is 4.57 Å². The van der Waals surface area contributed by atoms with Crippen LogP contribution >= 0.6 is 23.9 Å². The molecule has 19 heteroatoms. The summed E-state index contributed by atoms with van der Waals surface area (Å²) in [7, 11) is -14.0. The summed E-state index contributed by atoms with van der Waals surface area (Å²) in [5, 5.41) is 0. The number of hydrogen-bond acceptors (Lipinski definition) is 11. The van der Waals surface area contributed by atoms with E-state index in [1.165, 1.54) is 10.9 Å². The number of fused-ring (bicyclic) bond motifs is 1. The van der Waals surface area contributed by atoms with Crippen LogP contribution < -0.4 is 11.3 Å². The third-order valence-corrected chi connectivity index (χ3v) is 7.16. The lowest BCUT2D eigenvalue weighted by Crippen LogP contribution is -2.17. The normalized spacial score (nSPS) is 24.3. The summed E-state index contributed by atoms with van der Waals surface area (Å²) in [6.07, 6.45) is 0.715. The Kier molecular flexibility index (Phi) is 6.32. The number of H-pyrrole nitrogens is 1. The van der Waals surface area contributed by atoms with Gasteiger partial charge in [-0.3, -0.25) is 23.8 Å². The number of phosphoric ester groups is 1.